The predicted octanol–water partition coefficient (Wildman–Crippen LogP) is 4.40. The van der Waals surface area contributed by atoms with Crippen molar-refractivity contribution < 1.29 is 18.6 Å². The molecule has 0 saturated heterocycles. The van der Waals surface area contributed by atoms with E-state index in [4.69, 9.17) is 19.9 Å². The van der Waals surface area contributed by atoms with Crippen LogP contribution in [0.4, 0.5) is 4.39 Å². The van der Waals surface area contributed by atoms with Crippen molar-refractivity contribution >= 4 is 16.4 Å². The van der Waals surface area contributed by atoms with Crippen LogP contribution in [0.25, 0.3) is 16.4 Å². The summed E-state index contributed by atoms with van der Waals surface area (Å²) in [6.07, 6.45) is 2.82. The van der Waals surface area contributed by atoms with E-state index in [0.717, 1.165) is 11.3 Å². The molecule has 3 N–H and O–H groups in total. The highest BCUT2D eigenvalue weighted by atomic mass is 19.1. The van der Waals surface area contributed by atoms with Gasteiger partial charge in [-0.15, -0.1) is 0 Å². The van der Waals surface area contributed by atoms with Gasteiger partial charge in [-0.1, -0.05) is 6.58 Å². The molecule has 0 aliphatic carbocycles. The van der Waals surface area contributed by atoms with Gasteiger partial charge in [-0.2, -0.15) is 10.1 Å². The van der Waals surface area contributed by atoms with Crippen LogP contribution in [0.1, 0.15) is 25.1 Å². The Hall–Kier alpha value is -3.59. The van der Waals surface area contributed by atoms with Gasteiger partial charge < -0.3 is 24.9 Å². The number of halogens is 1. The number of nitrogens with zero attached hydrogens (tertiary/aromatic N) is 3. The van der Waals surface area contributed by atoms with E-state index in [1.807, 2.05) is 20.8 Å². The van der Waals surface area contributed by atoms with Crippen molar-refractivity contribution in [3.05, 3.63) is 60.1 Å². The minimum Gasteiger partial charge on any atom is -0.490 e. The van der Waals surface area contributed by atoms with E-state index in [1.54, 1.807) is 35.8 Å². The third-order valence-corrected chi connectivity index (χ3v) is 5.12. The van der Waals surface area contributed by atoms with E-state index >= 15 is 0 Å². The lowest BCUT2D eigenvalue weighted by atomic mass is 10.2. The highest BCUT2D eigenvalue weighted by Crippen LogP contribution is 2.34. The van der Waals surface area contributed by atoms with Gasteiger partial charge in [0.2, 0.25) is 5.88 Å². The van der Waals surface area contributed by atoms with Gasteiger partial charge in [0, 0.05) is 22.2 Å². The maximum Gasteiger partial charge on any atom is 0.247 e. The smallest absolute Gasteiger partial charge is 0.247 e. The first kappa shape index (κ1) is 21.6. The summed E-state index contributed by atoms with van der Waals surface area (Å²) in [5.74, 6) is 0.946. The molecule has 4 rings (SSSR count). The Morgan fingerprint density at radius 1 is 1.28 bits per heavy atom. The summed E-state index contributed by atoms with van der Waals surface area (Å²) < 4.78 is 34.0. The molecule has 4 aromatic rings. The van der Waals surface area contributed by atoms with Crippen LogP contribution in [0.2, 0.25) is 0 Å². The molecule has 0 aliphatic rings. The molecule has 0 spiro atoms. The predicted molar refractivity (Wildman–Crippen MR) is 120 cm³/mol. The zero-order valence-electron chi connectivity index (χ0n) is 18.5. The van der Waals surface area contributed by atoms with Crippen LogP contribution in [0.5, 0.6) is 17.4 Å². The summed E-state index contributed by atoms with van der Waals surface area (Å²) in [6.45, 7) is 11.5. The molecular weight excluding hydrogens is 413 g/mol. The number of H-pyrrole nitrogens is 1. The summed E-state index contributed by atoms with van der Waals surface area (Å²) >= 11 is 0. The van der Waals surface area contributed by atoms with Crippen molar-refractivity contribution in [1.29, 1.82) is 0 Å². The number of hydrogen-bond donors (Lipinski definition) is 2. The standard InChI is InChI=1S/C23H26FN5O3/c1-12-8-17-18(28-12)6-7-19(21(17)24)32-23-22-14(3)20(9-29(22)27-11-26-23)30-10-13(2)31-16(5)15(4)25/h6-9,11,13,15,28H,5,10,25H2,1-4H3. The van der Waals surface area contributed by atoms with Crippen molar-refractivity contribution in [2.45, 2.75) is 39.8 Å². The van der Waals surface area contributed by atoms with Gasteiger partial charge in [-0.05, 0) is 45.9 Å². The van der Waals surface area contributed by atoms with Crippen LogP contribution in [0, 0.1) is 19.7 Å². The fraction of sp³-hybridized carbons (Fsp3) is 0.304. The summed E-state index contributed by atoms with van der Waals surface area (Å²) in [6, 6.07) is 4.83. The quantitative estimate of drug-likeness (QED) is 0.395. The largest absolute Gasteiger partial charge is 0.490 e. The molecule has 0 radical (unpaired) electrons. The fourth-order valence-corrected chi connectivity index (χ4v) is 3.40. The third kappa shape index (κ3) is 4.11. The molecule has 0 fully saturated rings. The molecule has 9 heteroatoms. The SMILES string of the molecule is C=C(OC(C)COc1cn2ncnc(Oc3ccc4[nH]c(C)cc4c3F)c2c1C)C(C)N. The number of aromatic amines is 1. The first-order valence-electron chi connectivity index (χ1n) is 10.3. The number of aryl methyl sites for hydroxylation is 2. The molecule has 3 heterocycles. The molecule has 0 aliphatic heterocycles. The molecule has 0 amide bonds. The van der Waals surface area contributed by atoms with Crippen LogP contribution < -0.4 is 15.2 Å². The molecule has 8 nitrogen and oxygen atoms in total. The van der Waals surface area contributed by atoms with Crippen molar-refractivity contribution in [2.75, 3.05) is 6.61 Å². The van der Waals surface area contributed by atoms with Crippen molar-refractivity contribution in [2.24, 2.45) is 5.73 Å². The maximum absolute atomic E-state index is 15.0. The molecule has 32 heavy (non-hydrogen) atoms. The van der Waals surface area contributed by atoms with Gasteiger partial charge in [0.15, 0.2) is 11.6 Å². The van der Waals surface area contributed by atoms with E-state index in [-0.39, 0.29) is 30.4 Å². The monoisotopic (exact) mass is 439 g/mol. The Bertz CT molecular complexity index is 1290. The van der Waals surface area contributed by atoms with E-state index in [2.05, 4.69) is 21.6 Å². The minimum atomic E-state index is -0.454. The van der Waals surface area contributed by atoms with Crippen molar-refractivity contribution in [1.82, 2.24) is 19.6 Å². The summed E-state index contributed by atoms with van der Waals surface area (Å²) in [5.41, 5.74) is 8.68. The van der Waals surface area contributed by atoms with E-state index in [9.17, 15) is 4.39 Å². The lowest BCUT2D eigenvalue weighted by Gasteiger charge is -2.18. The van der Waals surface area contributed by atoms with E-state index in [1.165, 1.54) is 6.33 Å². The topological polar surface area (TPSA) is 99.7 Å². The highest BCUT2D eigenvalue weighted by molar-refractivity contribution is 5.83. The highest BCUT2D eigenvalue weighted by Gasteiger charge is 2.19. The number of hydrogen-bond acceptors (Lipinski definition) is 6. The second kappa shape index (κ2) is 8.51. The molecule has 168 valence electrons. The minimum absolute atomic E-state index is 0.0802. The van der Waals surface area contributed by atoms with E-state index in [0.29, 0.717) is 27.9 Å². The van der Waals surface area contributed by atoms with Gasteiger partial charge in [0.1, 0.15) is 36.1 Å². The summed E-state index contributed by atoms with van der Waals surface area (Å²) in [4.78, 5) is 7.33. The zero-order valence-corrected chi connectivity index (χ0v) is 18.5. The molecule has 3 aromatic heterocycles. The Morgan fingerprint density at radius 3 is 2.81 bits per heavy atom. The Morgan fingerprint density at radius 2 is 2.06 bits per heavy atom. The second-order valence-corrected chi connectivity index (χ2v) is 7.86. The van der Waals surface area contributed by atoms with Crippen LogP contribution in [-0.4, -0.2) is 38.3 Å². The molecular formula is C23H26FN5O3. The Kier molecular flexibility index (Phi) is 5.75. The molecule has 2 unspecified atom stereocenters. The first-order valence-corrected chi connectivity index (χ1v) is 10.3. The maximum atomic E-state index is 15.0. The zero-order chi connectivity index (χ0) is 23.0. The van der Waals surface area contributed by atoms with Gasteiger partial charge >= 0.3 is 0 Å². The summed E-state index contributed by atoms with van der Waals surface area (Å²) in [7, 11) is 0. The molecule has 0 saturated carbocycles. The Balaban J connectivity index is 1.58. The molecule has 0 bridgehead atoms. The lowest BCUT2D eigenvalue weighted by Crippen LogP contribution is -2.25. The van der Waals surface area contributed by atoms with Gasteiger partial charge in [-0.3, -0.25) is 0 Å². The first-order chi connectivity index (χ1) is 15.2. The second-order valence-electron chi connectivity index (χ2n) is 7.86. The molecule has 2 atom stereocenters. The van der Waals surface area contributed by atoms with Crippen molar-refractivity contribution in [3.63, 3.8) is 0 Å². The van der Waals surface area contributed by atoms with E-state index < -0.39 is 5.82 Å². The van der Waals surface area contributed by atoms with Crippen LogP contribution in [0.15, 0.2) is 43.1 Å². The number of aromatic nitrogens is 4. The van der Waals surface area contributed by atoms with Crippen molar-refractivity contribution in [3.8, 4) is 17.4 Å². The number of ether oxygens (including phenoxy) is 3. The van der Waals surface area contributed by atoms with Gasteiger partial charge in [0.05, 0.1) is 12.2 Å². The fourth-order valence-electron chi connectivity index (χ4n) is 3.40. The lowest BCUT2D eigenvalue weighted by molar-refractivity contribution is 0.0751. The van der Waals surface area contributed by atoms with Crippen LogP contribution in [-0.2, 0) is 4.74 Å². The number of rotatable bonds is 8. The van der Waals surface area contributed by atoms with Gasteiger partial charge in [-0.25, -0.2) is 8.91 Å². The number of nitrogens with two attached hydrogens (primary N) is 1. The number of nitrogens with one attached hydrogen (secondary N) is 1. The Labute approximate surface area is 184 Å². The van der Waals surface area contributed by atoms with Gasteiger partial charge in [0.25, 0.3) is 0 Å². The third-order valence-electron chi connectivity index (χ3n) is 5.12. The average Bonchev–Trinajstić information content (AvgIpc) is 3.29. The average molecular weight is 439 g/mol. The normalized spacial score (nSPS) is 13.3. The van der Waals surface area contributed by atoms with Crippen LogP contribution in [0.3, 0.4) is 0 Å². The molecule has 1 aromatic carbocycles. The number of benzene rings is 1. The summed E-state index contributed by atoms with van der Waals surface area (Å²) in [5, 5.41) is 4.69. The van der Waals surface area contributed by atoms with Crippen LogP contribution >= 0.6 is 0 Å². The number of fused-ring (bicyclic) bond motifs is 2.